The van der Waals surface area contributed by atoms with Gasteiger partial charge >= 0.3 is 0 Å². The number of rotatable bonds is 8. The van der Waals surface area contributed by atoms with E-state index in [1.807, 2.05) is 6.08 Å². The number of aldehydes is 1. The monoisotopic (exact) mass is 212 g/mol. The maximum absolute atomic E-state index is 9.97. The van der Waals surface area contributed by atoms with Crippen LogP contribution in [0, 0.1) is 0 Å². The molecule has 0 amide bonds. The lowest BCUT2D eigenvalue weighted by Crippen LogP contribution is -2.19. The molecular weight excluding hydrogens is 188 g/mol. The molecule has 0 aromatic heterocycles. The van der Waals surface area contributed by atoms with Gasteiger partial charge in [0.05, 0.1) is 5.60 Å². The Balaban J connectivity index is 3.12. The zero-order valence-corrected chi connectivity index (χ0v) is 10.3. The number of ether oxygens (including phenoxy) is 1. The summed E-state index contributed by atoms with van der Waals surface area (Å²) in [6.07, 6.45) is 10.1. The topological polar surface area (TPSA) is 26.3 Å². The molecule has 0 aliphatic carbocycles. The van der Waals surface area contributed by atoms with Crippen molar-refractivity contribution in [1.82, 2.24) is 0 Å². The Hall–Kier alpha value is -0.630. The number of hydrogen-bond acceptors (Lipinski definition) is 2. The van der Waals surface area contributed by atoms with Gasteiger partial charge in [0.2, 0.25) is 0 Å². The third kappa shape index (κ3) is 13.4. The van der Waals surface area contributed by atoms with Gasteiger partial charge in [-0.3, -0.25) is 4.79 Å². The molecule has 0 aromatic rings. The fraction of sp³-hybridized carbons (Fsp3) is 0.769. The summed E-state index contributed by atoms with van der Waals surface area (Å²) in [6.45, 7) is 7.10. The van der Waals surface area contributed by atoms with E-state index in [4.69, 9.17) is 4.74 Å². The van der Waals surface area contributed by atoms with Crippen LogP contribution in [0.5, 0.6) is 0 Å². The van der Waals surface area contributed by atoms with Crippen LogP contribution in [-0.4, -0.2) is 18.5 Å². The van der Waals surface area contributed by atoms with Gasteiger partial charge in [-0.2, -0.15) is 0 Å². The molecule has 0 N–H and O–H groups in total. The smallest absolute Gasteiger partial charge is 0.142 e. The van der Waals surface area contributed by atoms with Crippen LogP contribution >= 0.6 is 0 Å². The second-order valence-corrected chi connectivity index (χ2v) is 4.73. The van der Waals surface area contributed by atoms with Crippen LogP contribution in [0.2, 0.25) is 0 Å². The molecule has 0 radical (unpaired) electrons. The van der Waals surface area contributed by atoms with E-state index in [1.165, 1.54) is 19.3 Å². The van der Waals surface area contributed by atoms with E-state index in [9.17, 15) is 4.79 Å². The average Bonchev–Trinajstić information content (AvgIpc) is 2.14. The summed E-state index contributed by atoms with van der Waals surface area (Å²) in [6, 6.07) is 0. The quantitative estimate of drug-likeness (QED) is 0.349. The molecule has 0 saturated carbocycles. The van der Waals surface area contributed by atoms with E-state index < -0.39 is 0 Å². The van der Waals surface area contributed by atoms with Crippen molar-refractivity contribution in [2.75, 3.05) is 6.61 Å². The van der Waals surface area contributed by atoms with Gasteiger partial charge < -0.3 is 4.74 Å². The highest BCUT2D eigenvalue weighted by molar-refractivity contribution is 5.64. The maximum Gasteiger partial charge on any atom is 0.142 e. The highest BCUT2D eigenvalue weighted by Crippen LogP contribution is 2.09. The molecule has 0 aromatic carbocycles. The zero-order valence-electron chi connectivity index (χ0n) is 10.3. The van der Waals surface area contributed by atoms with Gasteiger partial charge in [-0.05, 0) is 46.1 Å². The van der Waals surface area contributed by atoms with Crippen LogP contribution < -0.4 is 0 Å². The first kappa shape index (κ1) is 14.4. The predicted molar refractivity (Wildman–Crippen MR) is 64.0 cm³/mol. The second kappa shape index (κ2) is 8.66. The standard InChI is InChI=1S/C13H24O2/c1-13(2,3)15-12-10-8-6-4-5-7-9-11-14/h7,9,11H,4-6,8,10,12H2,1-3H3/b9-7-. The predicted octanol–water partition coefficient (Wildman–Crippen LogP) is 3.51. The lowest BCUT2D eigenvalue weighted by molar-refractivity contribution is -0.104. The molecule has 0 atom stereocenters. The molecule has 0 heterocycles. The third-order valence-electron chi connectivity index (χ3n) is 2.01. The van der Waals surface area contributed by atoms with Crippen LogP contribution in [0.4, 0.5) is 0 Å². The molecule has 0 saturated heterocycles. The molecule has 0 aliphatic rings. The molecule has 0 fully saturated rings. The Morgan fingerprint density at radius 3 is 2.33 bits per heavy atom. The van der Waals surface area contributed by atoms with Crippen molar-refractivity contribution in [3.05, 3.63) is 12.2 Å². The molecule has 0 rings (SSSR count). The Labute approximate surface area is 93.7 Å². The van der Waals surface area contributed by atoms with E-state index in [2.05, 4.69) is 20.8 Å². The molecule has 88 valence electrons. The Kier molecular flexibility index (Phi) is 8.30. The summed E-state index contributed by atoms with van der Waals surface area (Å²) in [4.78, 5) is 9.97. The second-order valence-electron chi connectivity index (χ2n) is 4.73. The van der Waals surface area contributed by atoms with Gasteiger partial charge in [0.1, 0.15) is 6.29 Å². The number of allylic oxidation sites excluding steroid dienone is 2. The lowest BCUT2D eigenvalue weighted by atomic mass is 10.1. The van der Waals surface area contributed by atoms with Crippen LogP contribution in [0.15, 0.2) is 12.2 Å². The first-order valence-electron chi connectivity index (χ1n) is 5.80. The van der Waals surface area contributed by atoms with Crippen molar-refractivity contribution in [3.63, 3.8) is 0 Å². The number of hydrogen-bond donors (Lipinski definition) is 0. The summed E-state index contributed by atoms with van der Waals surface area (Å²) >= 11 is 0. The summed E-state index contributed by atoms with van der Waals surface area (Å²) in [5.41, 5.74) is -0.00724. The number of carbonyl (C=O) groups is 1. The summed E-state index contributed by atoms with van der Waals surface area (Å²) in [7, 11) is 0. The van der Waals surface area contributed by atoms with Crippen molar-refractivity contribution >= 4 is 6.29 Å². The van der Waals surface area contributed by atoms with Gasteiger partial charge in [0.25, 0.3) is 0 Å². The fourth-order valence-corrected chi connectivity index (χ4v) is 1.25. The summed E-state index contributed by atoms with van der Waals surface area (Å²) in [5, 5.41) is 0. The SMILES string of the molecule is CC(C)(C)OCCCCCC/C=C\C=O. The Bertz CT molecular complexity index is 177. The fourth-order valence-electron chi connectivity index (χ4n) is 1.25. The number of unbranched alkanes of at least 4 members (excludes halogenated alkanes) is 4. The van der Waals surface area contributed by atoms with E-state index in [0.717, 1.165) is 25.7 Å². The van der Waals surface area contributed by atoms with E-state index in [1.54, 1.807) is 6.08 Å². The van der Waals surface area contributed by atoms with Gasteiger partial charge in [0, 0.05) is 6.61 Å². The van der Waals surface area contributed by atoms with Crippen molar-refractivity contribution < 1.29 is 9.53 Å². The van der Waals surface area contributed by atoms with Crippen molar-refractivity contribution in [2.45, 2.75) is 58.5 Å². The summed E-state index contributed by atoms with van der Waals surface area (Å²) in [5.74, 6) is 0. The molecule has 15 heavy (non-hydrogen) atoms. The molecule has 2 nitrogen and oxygen atoms in total. The van der Waals surface area contributed by atoms with Crippen LogP contribution in [-0.2, 0) is 9.53 Å². The molecule has 0 spiro atoms. The van der Waals surface area contributed by atoms with Gasteiger partial charge in [0.15, 0.2) is 0 Å². The van der Waals surface area contributed by atoms with Crippen LogP contribution in [0.25, 0.3) is 0 Å². The molecule has 2 heteroatoms. The Morgan fingerprint density at radius 1 is 1.07 bits per heavy atom. The molecule has 0 unspecified atom stereocenters. The van der Waals surface area contributed by atoms with E-state index in [0.29, 0.717) is 0 Å². The van der Waals surface area contributed by atoms with Crippen molar-refractivity contribution in [2.24, 2.45) is 0 Å². The largest absolute Gasteiger partial charge is 0.376 e. The molecule has 0 bridgehead atoms. The zero-order chi connectivity index (χ0) is 11.6. The highest BCUT2D eigenvalue weighted by atomic mass is 16.5. The Morgan fingerprint density at radius 2 is 1.73 bits per heavy atom. The van der Waals surface area contributed by atoms with Crippen LogP contribution in [0.1, 0.15) is 52.9 Å². The van der Waals surface area contributed by atoms with E-state index >= 15 is 0 Å². The minimum Gasteiger partial charge on any atom is -0.376 e. The summed E-state index contributed by atoms with van der Waals surface area (Å²) < 4.78 is 5.61. The molecular formula is C13H24O2. The van der Waals surface area contributed by atoms with Crippen molar-refractivity contribution in [1.29, 1.82) is 0 Å². The van der Waals surface area contributed by atoms with Crippen molar-refractivity contribution in [3.8, 4) is 0 Å². The molecule has 0 aliphatic heterocycles. The maximum atomic E-state index is 9.97. The van der Waals surface area contributed by atoms with Gasteiger partial charge in [-0.15, -0.1) is 0 Å². The third-order valence-corrected chi connectivity index (χ3v) is 2.01. The minimum atomic E-state index is -0.00724. The van der Waals surface area contributed by atoms with Gasteiger partial charge in [-0.25, -0.2) is 0 Å². The normalized spacial score (nSPS) is 12.2. The van der Waals surface area contributed by atoms with Gasteiger partial charge in [-0.1, -0.05) is 18.9 Å². The first-order valence-corrected chi connectivity index (χ1v) is 5.80. The van der Waals surface area contributed by atoms with Crippen LogP contribution in [0.3, 0.4) is 0 Å². The first-order chi connectivity index (χ1) is 7.06. The lowest BCUT2D eigenvalue weighted by Gasteiger charge is -2.19. The highest BCUT2D eigenvalue weighted by Gasteiger charge is 2.08. The van der Waals surface area contributed by atoms with E-state index in [-0.39, 0.29) is 5.60 Å². The minimum absolute atomic E-state index is 0.00724. The average molecular weight is 212 g/mol. The number of carbonyl (C=O) groups excluding carboxylic acids is 1.